The topological polar surface area (TPSA) is 76.8 Å². The van der Waals surface area contributed by atoms with Crippen LogP contribution in [0.5, 0.6) is 0 Å². The van der Waals surface area contributed by atoms with E-state index in [1.165, 1.54) is 0 Å². The third-order valence-electron chi connectivity index (χ3n) is 5.86. The van der Waals surface area contributed by atoms with Gasteiger partial charge >= 0.3 is 0 Å². The highest BCUT2D eigenvalue weighted by Gasteiger charge is 2.56. The lowest BCUT2D eigenvalue weighted by molar-refractivity contribution is -0.207. The summed E-state index contributed by atoms with van der Waals surface area (Å²) in [4.78, 5) is 14.9. The second-order valence-electron chi connectivity index (χ2n) is 7.31. The van der Waals surface area contributed by atoms with Crippen molar-refractivity contribution in [2.24, 2.45) is 5.41 Å². The number of carbonyl (C=O) groups is 1. The number of amides is 1. The molecule has 1 amide bonds. The summed E-state index contributed by atoms with van der Waals surface area (Å²) in [6.07, 6.45) is 2.10. The smallest absolute Gasteiger partial charge is 0.272 e. The molecule has 1 spiro atoms. The van der Waals surface area contributed by atoms with Crippen LogP contribution in [-0.4, -0.2) is 70.8 Å². The zero-order chi connectivity index (χ0) is 18.7. The Balaban J connectivity index is 1.64. The average Bonchev–Trinajstić information content (AvgIpc) is 3.02. The van der Waals surface area contributed by atoms with Crippen LogP contribution in [0.2, 0.25) is 0 Å². The fourth-order valence-electron chi connectivity index (χ4n) is 4.29. The number of aliphatic hydroxyl groups is 1. The normalized spacial score (nSPS) is 24.7. The summed E-state index contributed by atoms with van der Waals surface area (Å²) in [6, 6.07) is 1.85. The maximum Gasteiger partial charge on any atom is 0.272 e. The van der Waals surface area contributed by atoms with Crippen LogP contribution in [0.4, 0.5) is 0 Å². The lowest BCUT2D eigenvalue weighted by Crippen LogP contribution is -2.62. The number of aliphatic hydroxyl groups excluding tert-OH is 1. The molecule has 3 rings (SSSR count). The molecule has 26 heavy (non-hydrogen) atoms. The highest BCUT2D eigenvalue weighted by Crippen LogP contribution is 2.51. The molecule has 2 fully saturated rings. The average molecular weight is 365 g/mol. The van der Waals surface area contributed by atoms with Crippen molar-refractivity contribution >= 4 is 5.91 Å². The third kappa shape index (κ3) is 3.52. The predicted octanol–water partition coefficient (Wildman–Crippen LogP) is 1.62. The van der Waals surface area contributed by atoms with Gasteiger partial charge in [-0.05, 0) is 39.7 Å². The third-order valence-corrected chi connectivity index (χ3v) is 5.86. The van der Waals surface area contributed by atoms with Gasteiger partial charge in [0.2, 0.25) is 0 Å². The van der Waals surface area contributed by atoms with Gasteiger partial charge in [0.15, 0.2) is 0 Å². The second-order valence-corrected chi connectivity index (χ2v) is 7.31. The Morgan fingerprint density at radius 1 is 1.35 bits per heavy atom. The fraction of sp³-hybridized carbons (Fsp3) is 0.789. The molecule has 2 heterocycles. The molecule has 0 unspecified atom stereocenters. The van der Waals surface area contributed by atoms with Crippen molar-refractivity contribution in [1.82, 2.24) is 14.7 Å². The minimum absolute atomic E-state index is 0.0127. The van der Waals surface area contributed by atoms with E-state index in [0.717, 1.165) is 18.5 Å². The van der Waals surface area contributed by atoms with E-state index in [2.05, 4.69) is 5.10 Å². The number of piperidine rings is 1. The van der Waals surface area contributed by atoms with Crippen LogP contribution in [0.1, 0.15) is 49.3 Å². The molecule has 146 valence electrons. The highest BCUT2D eigenvalue weighted by atomic mass is 16.5. The summed E-state index contributed by atoms with van der Waals surface area (Å²) in [5, 5.41) is 14.8. The van der Waals surface area contributed by atoms with Gasteiger partial charge in [-0.15, -0.1) is 0 Å². The van der Waals surface area contributed by atoms with E-state index >= 15 is 0 Å². The minimum atomic E-state index is -0.310. The Morgan fingerprint density at radius 3 is 2.69 bits per heavy atom. The molecule has 0 aromatic carbocycles. The summed E-state index contributed by atoms with van der Waals surface area (Å²) in [6.45, 7) is 9.58. The van der Waals surface area contributed by atoms with Gasteiger partial charge in [0, 0.05) is 38.1 Å². The monoisotopic (exact) mass is 365 g/mol. The zero-order valence-corrected chi connectivity index (χ0v) is 16.1. The van der Waals surface area contributed by atoms with Gasteiger partial charge in [0.25, 0.3) is 5.91 Å². The first-order chi connectivity index (χ1) is 12.5. The lowest BCUT2D eigenvalue weighted by Gasteiger charge is -2.56. The fourth-order valence-corrected chi connectivity index (χ4v) is 4.29. The number of aryl methyl sites for hydroxylation is 1. The first kappa shape index (κ1) is 19.3. The van der Waals surface area contributed by atoms with Crippen molar-refractivity contribution in [2.45, 2.75) is 58.8 Å². The molecular weight excluding hydrogens is 334 g/mol. The van der Waals surface area contributed by atoms with Gasteiger partial charge in [-0.3, -0.25) is 9.48 Å². The molecule has 2 atom stereocenters. The van der Waals surface area contributed by atoms with E-state index < -0.39 is 0 Å². The summed E-state index contributed by atoms with van der Waals surface area (Å²) in [7, 11) is 0. The molecule has 7 nitrogen and oxygen atoms in total. The second kappa shape index (κ2) is 8.06. The van der Waals surface area contributed by atoms with Gasteiger partial charge in [-0.2, -0.15) is 5.10 Å². The number of hydrogen-bond donors (Lipinski definition) is 1. The summed E-state index contributed by atoms with van der Waals surface area (Å²) in [5.41, 5.74) is 1.29. The zero-order valence-electron chi connectivity index (χ0n) is 16.1. The number of nitrogens with zero attached hydrogens (tertiary/aromatic N) is 3. The van der Waals surface area contributed by atoms with Crippen LogP contribution in [0.25, 0.3) is 0 Å². The van der Waals surface area contributed by atoms with E-state index in [1.807, 2.05) is 31.7 Å². The Hall–Kier alpha value is -1.44. The molecule has 1 aromatic heterocycles. The molecular formula is C19H31N3O4. The SMILES string of the molecule is CCOCCn1nc(C)cc1C(=O)N1CCC2(CC1)[C@@H](O)C[C@H]2OCC. The Labute approximate surface area is 155 Å². The van der Waals surface area contributed by atoms with Crippen LogP contribution in [0.3, 0.4) is 0 Å². The van der Waals surface area contributed by atoms with Crippen LogP contribution >= 0.6 is 0 Å². The molecule has 1 aliphatic carbocycles. The lowest BCUT2D eigenvalue weighted by atomic mass is 9.58. The van der Waals surface area contributed by atoms with Gasteiger partial charge in [0.05, 0.1) is 31.1 Å². The van der Waals surface area contributed by atoms with Crippen LogP contribution in [-0.2, 0) is 16.0 Å². The van der Waals surface area contributed by atoms with E-state index in [4.69, 9.17) is 9.47 Å². The number of aromatic nitrogens is 2. The van der Waals surface area contributed by atoms with Gasteiger partial charge in [0.1, 0.15) is 5.69 Å². The maximum atomic E-state index is 13.0. The van der Waals surface area contributed by atoms with Crippen LogP contribution in [0.15, 0.2) is 6.07 Å². The number of carbonyl (C=O) groups excluding carboxylic acids is 1. The minimum Gasteiger partial charge on any atom is -0.392 e. The molecule has 0 bridgehead atoms. The standard InChI is InChI=1S/C19H31N3O4/c1-4-25-11-10-22-15(12-14(3)20-22)18(24)21-8-6-19(7-9-21)16(23)13-17(19)26-5-2/h12,16-17,23H,4-11,13H2,1-3H3/t16-,17+/m0/s1. The largest absolute Gasteiger partial charge is 0.392 e. The van der Waals surface area contributed by atoms with Gasteiger partial charge in [-0.1, -0.05) is 0 Å². The number of rotatable bonds is 7. The van der Waals surface area contributed by atoms with Crippen LogP contribution < -0.4 is 0 Å². The van der Waals surface area contributed by atoms with Crippen molar-refractivity contribution in [2.75, 3.05) is 32.9 Å². The Bertz CT molecular complexity index is 620. The molecule has 1 aliphatic heterocycles. The van der Waals surface area contributed by atoms with E-state index in [0.29, 0.717) is 51.6 Å². The van der Waals surface area contributed by atoms with Crippen molar-refractivity contribution in [3.05, 3.63) is 17.5 Å². The van der Waals surface area contributed by atoms with Crippen LogP contribution in [0, 0.1) is 12.3 Å². The maximum absolute atomic E-state index is 13.0. The van der Waals surface area contributed by atoms with E-state index in [1.54, 1.807) is 4.68 Å². The molecule has 1 saturated carbocycles. The summed E-state index contributed by atoms with van der Waals surface area (Å²) < 4.78 is 13.0. The molecule has 1 aromatic rings. The summed E-state index contributed by atoms with van der Waals surface area (Å²) in [5.74, 6) is 0.0127. The number of hydrogen-bond acceptors (Lipinski definition) is 5. The Morgan fingerprint density at radius 2 is 2.08 bits per heavy atom. The van der Waals surface area contributed by atoms with Gasteiger partial charge in [-0.25, -0.2) is 0 Å². The summed E-state index contributed by atoms with van der Waals surface area (Å²) >= 11 is 0. The molecule has 7 heteroatoms. The number of ether oxygens (including phenoxy) is 2. The number of likely N-dealkylation sites (tertiary alicyclic amines) is 1. The van der Waals surface area contributed by atoms with Crippen molar-refractivity contribution < 1.29 is 19.4 Å². The quantitative estimate of drug-likeness (QED) is 0.743. The van der Waals surface area contributed by atoms with Crippen molar-refractivity contribution in [3.8, 4) is 0 Å². The molecule has 1 N–H and O–H groups in total. The van der Waals surface area contributed by atoms with Crippen molar-refractivity contribution in [1.29, 1.82) is 0 Å². The first-order valence-corrected chi connectivity index (χ1v) is 9.73. The molecule has 2 aliphatic rings. The molecule has 1 saturated heterocycles. The van der Waals surface area contributed by atoms with Crippen molar-refractivity contribution in [3.63, 3.8) is 0 Å². The first-order valence-electron chi connectivity index (χ1n) is 9.73. The van der Waals surface area contributed by atoms with E-state index in [-0.39, 0.29) is 23.5 Å². The highest BCUT2D eigenvalue weighted by molar-refractivity contribution is 5.92. The van der Waals surface area contributed by atoms with Gasteiger partial charge < -0.3 is 19.5 Å². The Kier molecular flexibility index (Phi) is 5.99. The molecule has 0 radical (unpaired) electrons. The predicted molar refractivity (Wildman–Crippen MR) is 97.1 cm³/mol. The van der Waals surface area contributed by atoms with E-state index in [9.17, 15) is 9.90 Å².